The second-order valence-corrected chi connectivity index (χ2v) is 4.84. The molecule has 0 aliphatic rings. The predicted octanol–water partition coefficient (Wildman–Crippen LogP) is 3.66. The smallest absolute Gasteiger partial charge is 0.130 e. The van der Waals surface area contributed by atoms with Crippen LogP contribution < -0.4 is 5.32 Å². The van der Waals surface area contributed by atoms with E-state index in [4.69, 9.17) is 0 Å². The summed E-state index contributed by atoms with van der Waals surface area (Å²) in [6.45, 7) is 2.17. The first-order valence-electron chi connectivity index (χ1n) is 5.78. The molecule has 0 amide bonds. The van der Waals surface area contributed by atoms with E-state index in [0.29, 0.717) is 0 Å². The van der Waals surface area contributed by atoms with Crippen molar-refractivity contribution >= 4 is 11.3 Å². The largest absolute Gasteiger partial charge is 0.304 e. The molecule has 2 aromatic rings. The Morgan fingerprint density at radius 3 is 2.61 bits per heavy atom. The van der Waals surface area contributed by atoms with Crippen LogP contribution in [0.5, 0.6) is 0 Å². The molecule has 1 unspecified atom stereocenters. The molecule has 1 heterocycles. The highest BCUT2D eigenvalue weighted by Gasteiger charge is 2.14. The molecule has 1 aromatic heterocycles. The molecule has 0 bridgehead atoms. The van der Waals surface area contributed by atoms with Gasteiger partial charge in [0.15, 0.2) is 0 Å². The normalized spacial score (nSPS) is 12.6. The molecule has 18 heavy (non-hydrogen) atoms. The van der Waals surface area contributed by atoms with Crippen LogP contribution in [-0.4, -0.2) is 4.98 Å². The third-order valence-electron chi connectivity index (χ3n) is 2.74. The number of hydrogen-bond acceptors (Lipinski definition) is 3. The highest BCUT2D eigenvalue weighted by molar-refractivity contribution is 7.09. The van der Waals surface area contributed by atoms with Crippen LogP contribution in [0.2, 0.25) is 0 Å². The fourth-order valence-corrected chi connectivity index (χ4v) is 2.54. The lowest BCUT2D eigenvalue weighted by molar-refractivity contribution is 0.482. The number of thiazole rings is 1. The number of rotatable bonds is 5. The van der Waals surface area contributed by atoms with Crippen LogP contribution in [-0.2, 0) is 6.54 Å². The van der Waals surface area contributed by atoms with Crippen molar-refractivity contribution in [2.45, 2.75) is 25.9 Å². The Kier molecular flexibility index (Phi) is 4.38. The first kappa shape index (κ1) is 13.1. The van der Waals surface area contributed by atoms with Crippen LogP contribution >= 0.6 is 11.3 Å². The maximum atomic E-state index is 13.5. The molecule has 2 nitrogen and oxygen atoms in total. The lowest BCUT2D eigenvalue weighted by Gasteiger charge is -2.15. The zero-order chi connectivity index (χ0) is 13.0. The predicted molar refractivity (Wildman–Crippen MR) is 68.3 cm³/mol. The molecule has 0 saturated carbocycles. The Hall–Kier alpha value is -1.33. The Labute approximate surface area is 109 Å². The number of nitrogens with one attached hydrogen (secondary N) is 1. The molecule has 0 radical (unpaired) electrons. The number of halogens is 2. The van der Waals surface area contributed by atoms with E-state index in [1.54, 1.807) is 6.20 Å². The highest BCUT2D eigenvalue weighted by atomic mass is 32.1. The fraction of sp³-hybridized carbons (Fsp3) is 0.308. The van der Waals surface area contributed by atoms with Gasteiger partial charge in [-0.05, 0) is 18.6 Å². The van der Waals surface area contributed by atoms with Crippen LogP contribution in [0.25, 0.3) is 0 Å². The second-order valence-electron chi connectivity index (χ2n) is 3.91. The van der Waals surface area contributed by atoms with Crippen molar-refractivity contribution in [3.05, 3.63) is 52.0 Å². The molecule has 2 rings (SSSR count). The highest BCUT2D eigenvalue weighted by Crippen LogP contribution is 2.20. The van der Waals surface area contributed by atoms with Gasteiger partial charge in [-0.25, -0.2) is 13.8 Å². The van der Waals surface area contributed by atoms with Gasteiger partial charge in [-0.1, -0.05) is 13.0 Å². The minimum atomic E-state index is -0.517. The summed E-state index contributed by atoms with van der Waals surface area (Å²) in [6, 6.07) is 3.94. The SMILES string of the molecule is CCC(NCc1c(F)cccc1F)c1nccs1. The molecule has 0 fully saturated rings. The van der Waals surface area contributed by atoms with Gasteiger partial charge in [-0.3, -0.25) is 0 Å². The third-order valence-corrected chi connectivity index (χ3v) is 3.63. The molecule has 1 N–H and O–H groups in total. The molecular weight excluding hydrogens is 254 g/mol. The molecule has 1 aromatic carbocycles. The number of benzene rings is 1. The van der Waals surface area contributed by atoms with Crippen LogP contribution in [0.3, 0.4) is 0 Å². The topological polar surface area (TPSA) is 24.9 Å². The molecule has 0 spiro atoms. The molecule has 96 valence electrons. The van der Waals surface area contributed by atoms with Crippen LogP contribution in [0.1, 0.15) is 30.0 Å². The molecular formula is C13H14F2N2S. The summed E-state index contributed by atoms with van der Waals surface area (Å²) in [7, 11) is 0. The summed E-state index contributed by atoms with van der Waals surface area (Å²) in [5.41, 5.74) is 0.0764. The van der Waals surface area contributed by atoms with Gasteiger partial charge in [0.25, 0.3) is 0 Å². The summed E-state index contributed by atoms with van der Waals surface area (Å²) in [5.74, 6) is -1.03. The van der Waals surface area contributed by atoms with E-state index in [2.05, 4.69) is 10.3 Å². The number of hydrogen-bond donors (Lipinski definition) is 1. The summed E-state index contributed by atoms with van der Waals surface area (Å²) < 4.78 is 26.9. The summed E-state index contributed by atoms with van der Waals surface area (Å²) >= 11 is 1.54. The molecule has 0 aliphatic heterocycles. The van der Waals surface area contributed by atoms with Gasteiger partial charge in [0.2, 0.25) is 0 Å². The standard InChI is InChI=1S/C13H14F2N2S/c1-2-12(13-16-6-7-18-13)17-8-9-10(14)4-3-5-11(9)15/h3-7,12,17H,2,8H2,1H3. The van der Waals surface area contributed by atoms with Gasteiger partial charge >= 0.3 is 0 Å². The van der Waals surface area contributed by atoms with Crippen LogP contribution in [0.15, 0.2) is 29.8 Å². The van der Waals surface area contributed by atoms with Gasteiger partial charge in [-0.15, -0.1) is 11.3 Å². The van der Waals surface area contributed by atoms with E-state index >= 15 is 0 Å². The van der Waals surface area contributed by atoms with Crippen LogP contribution in [0, 0.1) is 11.6 Å². The van der Waals surface area contributed by atoms with Crippen molar-refractivity contribution in [3.8, 4) is 0 Å². The van der Waals surface area contributed by atoms with E-state index < -0.39 is 11.6 Å². The quantitative estimate of drug-likeness (QED) is 0.895. The number of aromatic nitrogens is 1. The summed E-state index contributed by atoms with van der Waals surface area (Å²) in [5, 5.41) is 5.97. The van der Waals surface area contributed by atoms with Gasteiger partial charge in [0, 0.05) is 23.7 Å². The van der Waals surface area contributed by atoms with Crippen molar-refractivity contribution in [1.29, 1.82) is 0 Å². The van der Waals surface area contributed by atoms with E-state index in [0.717, 1.165) is 11.4 Å². The van der Waals surface area contributed by atoms with Crippen molar-refractivity contribution in [2.24, 2.45) is 0 Å². The lowest BCUT2D eigenvalue weighted by atomic mass is 10.1. The maximum Gasteiger partial charge on any atom is 0.130 e. The third kappa shape index (κ3) is 2.91. The minimum absolute atomic E-state index is 0.0315. The van der Waals surface area contributed by atoms with Crippen molar-refractivity contribution in [2.75, 3.05) is 0 Å². The van der Waals surface area contributed by atoms with Crippen molar-refractivity contribution in [1.82, 2.24) is 10.3 Å². The Bertz CT molecular complexity index is 479. The molecule has 1 atom stereocenters. The van der Waals surface area contributed by atoms with Gasteiger partial charge in [0.05, 0.1) is 6.04 Å². The zero-order valence-electron chi connectivity index (χ0n) is 9.99. The van der Waals surface area contributed by atoms with Gasteiger partial charge in [0.1, 0.15) is 16.6 Å². The second kappa shape index (κ2) is 6.02. The average Bonchev–Trinajstić information content (AvgIpc) is 2.87. The van der Waals surface area contributed by atoms with Gasteiger partial charge < -0.3 is 5.32 Å². The molecule has 0 saturated heterocycles. The van der Waals surface area contributed by atoms with E-state index in [9.17, 15) is 8.78 Å². The monoisotopic (exact) mass is 268 g/mol. The minimum Gasteiger partial charge on any atom is -0.304 e. The maximum absolute atomic E-state index is 13.5. The fourth-order valence-electron chi connectivity index (χ4n) is 1.74. The number of nitrogens with zero attached hydrogens (tertiary/aromatic N) is 1. The van der Waals surface area contributed by atoms with Gasteiger partial charge in [-0.2, -0.15) is 0 Å². The van der Waals surface area contributed by atoms with E-state index in [-0.39, 0.29) is 18.2 Å². The van der Waals surface area contributed by atoms with Crippen molar-refractivity contribution in [3.63, 3.8) is 0 Å². The van der Waals surface area contributed by atoms with Crippen molar-refractivity contribution < 1.29 is 8.78 Å². The Morgan fingerprint density at radius 2 is 2.06 bits per heavy atom. The Morgan fingerprint density at radius 1 is 1.33 bits per heavy atom. The first-order valence-corrected chi connectivity index (χ1v) is 6.66. The van der Waals surface area contributed by atoms with Crippen LogP contribution in [0.4, 0.5) is 8.78 Å². The van der Waals surface area contributed by atoms with E-state index in [1.807, 2.05) is 12.3 Å². The van der Waals surface area contributed by atoms with E-state index in [1.165, 1.54) is 29.5 Å². The lowest BCUT2D eigenvalue weighted by Crippen LogP contribution is -2.21. The first-order chi connectivity index (χ1) is 8.72. The molecule has 0 aliphatic carbocycles. The average molecular weight is 268 g/mol. The summed E-state index contributed by atoms with van der Waals surface area (Å²) in [6.07, 6.45) is 2.55. The summed E-state index contributed by atoms with van der Waals surface area (Å²) in [4.78, 5) is 4.21. The Balaban J connectivity index is 2.06. The molecule has 5 heteroatoms. The zero-order valence-corrected chi connectivity index (χ0v) is 10.8.